The Kier molecular flexibility index (Phi) is 5.42. The first-order valence-electron chi connectivity index (χ1n) is 8.14. The number of ether oxygens (including phenoxy) is 1. The van der Waals surface area contributed by atoms with E-state index < -0.39 is 23.1 Å². The number of anilines is 1. The van der Waals surface area contributed by atoms with Gasteiger partial charge >= 0.3 is 0 Å². The molecule has 27 heavy (non-hydrogen) atoms. The van der Waals surface area contributed by atoms with Crippen molar-refractivity contribution >= 4 is 23.2 Å². The van der Waals surface area contributed by atoms with Gasteiger partial charge in [0.05, 0.1) is 11.6 Å². The molecule has 138 valence electrons. The number of fused-ring (bicyclic) bond motifs is 1. The maximum Gasteiger partial charge on any atom is 0.261 e. The average molecular weight is 388 g/mol. The highest BCUT2D eigenvalue weighted by Gasteiger charge is 2.19. The molecule has 1 heterocycles. The first kappa shape index (κ1) is 18.9. The van der Waals surface area contributed by atoms with E-state index in [1.165, 1.54) is 0 Å². The van der Waals surface area contributed by atoms with E-state index in [1.54, 1.807) is 30.3 Å². The largest absolute Gasteiger partial charge is 0.493 e. The van der Waals surface area contributed by atoms with Crippen molar-refractivity contribution in [3.05, 3.63) is 83.4 Å². The second-order valence-electron chi connectivity index (χ2n) is 5.90. The fourth-order valence-electron chi connectivity index (χ4n) is 2.81. The molecule has 1 amide bonds. The van der Waals surface area contributed by atoms with Crippen LogP contribution in [0.1, 0.15) is 5.56 Å². The quantitative estimate of drug-likeness (QED) is 0.522. The summed E-state index contributed by atoms with van der Waals surface area (Å²) in [7, 11) is 0. The van der Waals surface area contributed by atoms with Crippen LogP contribution in [0.3, 0.4) is 0 Å². The van der Waals surface area contributed by atoms with Gasteiger partial charge in [-0.1, -0.05) is 36.9 Å². The summed E-state index contributed by atoms with van der Waals surface area (Å²) in [5.74, 6) is -2.40. The van der Waals surface area contributed by atoms with E-state index in [-0.39, 0.29) is 0 Å². The van der Waals surface area contributed by atoms with Crippen LogP contribution < -0.4 is 10.1 Å². The van der Waals surface area contributed by atoms with Crippen LogP contribution in [0.25, 0.3) is 11.1 Å². The first-order valence-corrected chi connectivity index (χ1v) is 8.52. The zero-order valence-electron chi connectivity index (χ0n) is 14.3. The molecule has 0 saturated heterocycles. The van der Waals surface area contributed by atoms with Gasteiger partial charge in [0.1, 0.15) is 23.0 Å². The van der Waals surface area contributed by atoms with Gasteiger partial charge in [0.15, 0.2) is 0 Å². The van der Waals surface area contributed by atoms with E-state index in [2.05, 4.69) is 18.5 Å². The van der Waals surface area contributed by atoms with Crippen LogP contribution in [0, 0.1) is 0 Å². The predicted molar refractivity (Wildman–Crippen MR) is 103 cm³/mol. The number of carbonyl (C=O) groups excluding carboxylic acids is 1. The van der Waals surface area contributed by atoms with Gasteiger partial charge in [-0.05, 0) is 41.5 Å². The zero-order chi connectivity index (χ0) is 19.6. The summed E-state index contributed by atoms with van der Waals surface area (Å²) in [4.78, 5) is 12.1. The number of carbonyl (C=O) groups is 1. The standard InChI is InChI=1S/C21H16ClF2NO2/c1-3-18(24)20(12(2)23)21(26)25-15-6-4-13(5-7-15)16-10-14-8-9-27-19(14)11-17(16)22/h3-7,10-11H,1-2,8-9H2,(H,25,26)/b20-18-. The minimum Gasteiger partial charge on any atom is -0.493 e. The Morgan fingerprint density at radius 2 is 1.93 bits per heavy atom. The molecule has 1 N–H and O–H groups in total. The Hall–Kier alpha value is -2.92. The van der Waals surface area contributed by atoms with Crippen molar-refractivity contribution in [3.63, 3.8) is 0 Å². The summed E-state index contributed by atoms with van der Waals surface area (Å²) in [5, 5.41) is 2.99. The van der Waals surface area contributed by atoms with Crippen LogP contribution in [0.4, 0.5) is 14.5 Å². The normalized spacial score (nSPS) is 13.3. The third kappa shape index (κ3) is 3.93. The summed E-state index contributed by atoms with van der Waals surface area (Å²) in [6.07, 6.45) is 1.58. The Morgan fingerprint density at radius 3 is 2.56 bits per heavy atom. The lowest BCUT2D eigenvalue weighted by Crippen LogP contribution is -2.15. The van der Waals surface area contributed by atoms with E-state index in [4.69, 9.17) is 16.3 Å². The lowest BCUT2D eigenvalue weighted by Gasteiger charge is -2.10. The molecule has 3 rings (SSSR count). The van der Waals surface area contributed by atoms with Crippen LogP contribution in [-0.4, -0.2) is 12.5 Å². The zero-order valence-corrected chi connectivity index (χ0v) is 15.1. The number of rotatable bonds is 5. The predicted octanol–water partition coefficient (Wildman–Crippen LogP) is 5.77. The summed E-state index contributed by atoms with van der Waals surface area (Å²) < 4.78 is 32.5. The molecule has 3 nitrogen and oxygen atoms in total. The lowest BCUT2D eigenvalue weighted by molar-refractivity contribution is -0.112. The number of halogens is 3. The molecule has 0 aliphatic carbocycles. The molecule has 0 aromatic heterocycles. The van der Waals surface area contributed by atoms with Crippen molar-refractivity contribution < 1.29 is 18.3 Å². The van der Waals surface area contributed by atoms with E-state index >= 15 is 0 Å². The fourth-order valence-corrected chi connectivity index (χ4v) is 3.07. The number of amides is 1. The Labute approximate surface area is 160 Å². The van der Waals surface area contributed by atoms with Crippen LogP contribution in [0.5, 0.6) is 5.75 Å². The van der Waals surface area contributed by atoms with Crippen molar-refractivity contribution in [1.82, 2.24) is 0 Å². The van der Waals surface area contributed by atoms with Crippen LogP contribution in [0.2, 0.25) is 5.02 Å². The summed E-state index contributed by atoms with van der Waals surface area (Å²) in [5.41, 5.74) is 2.36. The highest BCUT2D eigenvalue weighted by molar-refractivity contribution is 6.33. The van der Waals surface area contributed by atoms with Crippen molar-refractivity contribution in [2.24, 2.45) is 0 Å². The summed E-state index contributed by atoms with van der Waals surface area (Å²) in [6.45, 7) is 6.81. The van der Waals surface area contributed by atoms with Crippen molar-refractivity contribution in [2.45, 2.75) is 6.42 Å². The molecule has 0 spiro atoms. The van der Waals surface area contributed by atoms with Gasteiger partial charge in [0.25, 0.3) is 5.91 Å². The molecule has 2 aromatic carbocycles. The van der Waals surface area contributed by atoms with Crippen molar-refractivity contribution in [2.75, 3.05) is 11.9 Å². The second kappa shape index (κ2) is 7.76. The Bertz CT molecular complexity index is 965. The lowest BCUT2D eigenvalue weighted by atomic mass is 10.0. The smallest absolute Gasteiger partial charge is 0.261 e. The topological polar surface area (TPSA) is 38.3 Å². The van der Waals surface area contributed by atoms with Gasteiger partial charge in [0.2, 0.25) is 0 Å². The van der Waals surface area contributed by atoms with Gasteiger partial charge < -0.3 is 10.1 Å². The molecule has 0 fully saturated rings. The van der Waals surface area contributed by atoms with E-state index in [0.29, 0.717) is 17.3 Å². The number of hydrogen-bond donors (Lipinski definition) is 1. The molecule has 0 bridgehead atoms. The third-order valence-electron chi connectivity index (χ3n) is 4.15. The number of benzene rings is 2. The van der Waals surface area contributed by atoms with Gasteiger partial charge in [-0.2, -0.15) is 0 Å². The van der Waals surface area contributed by atoms with Crippen molar-refractivity contribution in [1.29, 1.82) is 0 Å². The minimum absolute atomic E-state index is 0.375. The fraction of sp³-hybridized carbons (Fsp3) is 0.0952. The number of allylic oxidation sites excluding steroid dienone is 2. The summed E-state index contributed by atoms with van der Waals surface area (Å²) >= 11 is 6.34. The van der Waals surface area contributed by atoms with Gasteiger partial charge in [-0.25, -0.2) is 8.78 Å². The number of hydrogen-bond acceptors (Lipinski definition) is 2. The molecule has 0 atom stereocenters. The highest BCUT2D eigenvalue weighted by atomic mass is 35.5. The SMILES string of the molecule is C=C/C(F)=C(\C(=C)F)C(=O)Nc1ccc(-c2cc3c(cc2Cl)OCC3)cc1. The first-order chi connectivity index (χ1) is 12.9. The van der Waals surface area contributed by atoms with Crippen LogP contribution in [-0.2, 0) is 11.2 Å². The molecule has 6 heteroatoms. The molecular weight excluding hydrogens is 372 g/mol. The van der Waals surface area contributed by atoms with Crippen molar-refractivity contribution in [3.8, 4) is 16.9 Å². The monoisotopic (exact) mass is 387 g/mol. The second-order valence-corrected chi connectivity index (χ2v) is 6.31. The van der Waals surface area contributed by atoms with Gasteiger partial charge in [-0.15, -0.1) is 0 Å². The molecule has 1 aliphatic heterocycles. The average Bonchev–Trinajstić information content (AvgIpc) is 3.08. The maximum atomic E-state index is 13.6. The minimum atomic E-state index is -1.17. The Morgan fingerprint density at radius 1 is 1.22 bits per heavy atom. The molecular formula is C21H16ClF2NO2. The van der Waals surface area contributed by atoms with E-state index in [9.17, 15) is 13.6 Å². The van der Waals surface area contributed by atoms with E-state index in [1.807, 2.05) is 6.07 Å². The molecule has 0 saturated carbocycles. The van der Waals surface area contributed by atoms with E-state index in [0.717, 1.165) is 34.9 Å². The molecule has 0 radical (unpaired) electrons. The van der Waals surface area contributed by atoms with Crippen LogP contribution >= 0.6 is 11.6 Å². The molecule has 0 unspecified atom stereocenters. The number of nitrogens with one attached hydrogen (secondary N) is 1. The van der Waals surface area contributed by atoms with Crippen LogP contribution in [0.15, 0.2) is 72.9 Å². The van der Waals surface area contributed by atoms with Gasteiger partial charge in [0, 0.05) is 17.7 Å². The Balaban J connectivity index is 1.83. The highest BCUT2D eigenvalue weighted by Crippen LogP contribution is 2.37. The molecule has 2 aromatic rings. The summed E-state index contributed by atoms with van der Waals surface area (Å²) in [6, 6.07) is 10.5. The third-order valence-corrected chi connectivity index (χ3v) is 4.46. The van der Waals surface area contributed by atoms with Gasteiger partial charge in [-0.3, -0.25) is 4.79 Å². The maximum absolute atomic E-state index is 13.6. The molecule has 1 aliphatic rings.